The van der Waals surface area contributed by atoms with Gasteiger partial charge >= 0.3 is 11.9 Å². The molecule has 0 aromatic carbocycles. The van der Waals surface area contributed by atoms with Crippen LogP contribution in [-0.4, -0.2) is 59.8 Å². The average molecular weight is 381 g/mol. The Bertz CT molecular complexity index is 654. The summed E-state index contributed by atoms with van der Waals surface area (Å²) in [5.41, 5.74) is 2.07. The zero-order chi connectivity index (χ0) is 19.2. The normalized spacial score (nSPS) is 10.7. The molecule has 0 fully saturated rings. The fourth-order valence-corrected chi connectivity index (χ4v) is 2.59. The molecule has 0 bridgehead atoms. The summed E-state index contributed by atoms with van der Waals surface area (Å²) in [6.07, 6.45) is 3.47. The number of guanidine groups is 1. The van der Waals surface area contributed by atoms with Crippen LogP contribution in [0.1, 0.15) is 18.3 Å². The van der Waals surface area contributed by atoms with Gasteiger partial charge in [-0.3, -0.25) is 15.1 Å². The number of aromatic amines is 1. The molecule has 0 atom stereocenters. The molecule has 1 aromatic rings. The molecule has 0 spiro atoms. The van der Waals surface area contributed by atoms with Gasteiger partial charge in [0.25, 0.3) is 0 Å². The van der Waals surface area contributed by atoms with Crippen LogP contribution in [0.25, 0.3) is 0 Å². The van der Waals surface area contributed by atoms with Crippen LogP contribution in [0.15, 0.2) is 11.3 Å². The first-order chi connectivity index (χ1) is 12.6. The highest BCUT2D eigenvalue weighted by molar-refractivity contribution is 7.98. The van der Waals surface area contributed by atoms with Crippen LogP contribution in [0.2, 0.25) is 0 Å². The first kappa shape index (κ1) is 21.3. The fourth-order valence-electron chi connectivity index (χ4n) is 1.74. The minimum Gasteiger partial charge on any atom is -0.459 e. The van der Waals surface area contributed by atoms with Crippen molar-refractivity contribution in [3.05, 3.63) is 17.7 Å². The first-order valence-electron chi connectivity index (χ1n) is 8.03. The second-order valence-corrected chi connectivity index (χ2v) is 6.00. The van der Waals surface area contributed by atoms with E-state index >= 15 is 0 Å². The topological polar surface area (TPSA) is 144 Å². The summed E-state index contributed by atoms with van der Waals surface area (Å²) < 4.78 is 4.57. The van der Waals surface area contributed by atoms with Gasteiger partial charge in [-0.2, -0.15) is 17.0 Å². The van der Waals surface area contributed by atoms with Gasteiger partial charge in [-0.25, -0.2) is 9.78 Å². The van der Waals surface area contributed by atoms with E-state index in [0.717, 1.165) is 22.9 Å². The number of rotatable bonds is 9. The molecule has 11 heteroatoms. The molecule has 1 aromatic heterocycles. The number of ether oxygens (including phenoxy) is 1. The predicted molar refractivity (Wildman–Crippen MR) is 98.2 cm³/mol. The molecule has 26 heavy (non-hydrogen) atoms. The standard InChI is InChI=1S/C15H23N7O3S/c1-3-25-14(24)13(23)17-4-5-18-15(20-9-16)19-6-7-26-8-12-11(2)21-10-22-12/h10H,3-8H2,1-2H3,(H,17,23)(H,21,22)(H2,18,19,20). The number of thioether (sulfide) groups is 1. The van der Waals surface area contributed by atoms with Crippen molar-refractivity contribution in [1.29, 1.82) is 5.26 Å². The number of aromatic nitrogens is 2. The quantitative estimate of drug-likeness (QED) is 0.0864. The van der Waals surface area contributed by atoms with Crippen molar-refractivity contribution < 1.29 is 14.3 Å². The lowest BCUT2D eigenvalue weighted by atomic mass is 10.4. The summed E-state index contributed by atoms with van der Waals surface area (Å²) in [5, 5.41) is 16.5. The highest BCUT2D eigenvalue weighted by Gasteiger charge is 2.13. The first-order valence-corrected chi connectivity index (χ1v) is 9.18. The summed E-state index contributed by atoms with van der Waals surface area (Å²) in [4.78, 5) is 34.0. The van der Waals surface area contributed by atoms with Gasteiger partial charge < -0.3 is 20.4 Å². The van der Waals surface area contributed by atoms with Gasteiger partial charge in [-0.15, -0.1) is 0 Å². The Morgan fingerprint density at radius 2 is 2.19 bits per heavy atom. The highest BCUT2D eigenvalue weighted by Crippen LogP contribution is 2.11. The van der Waals surface area contributed by atoms with Crippen molar-refractivity contribution in [2.45, 2.75) is 19.6 Å². The van der Waals surface area contributed by atoms with E-state index < -0.39 is 11.9 Å². The summed E-state index contributed by atoms with van der Waals surface area (Å²) in [7, 11) is 0. The second-order valence-electron chi connectivity index (χ2n) is 4.90. The van der Waals surface area contributed by atoms with Crippen LogP contribution in [0.5, 0.6) is 0 Å². The SMILES string of the molecule is CCOC(=O)C(=O)NCCNC(=NCCSCc1nc[nH]c1C)NC#N. The molecular formula is C15H23N7O3S. The zero-order valence-electron chi connectivity index (χ0n) is 14.8. The zero-order valence-corrected chi connectivity index (χ0v) is 15.6. The van der Waals surface area contributed by atoms with Gasteiger partial charge in [0, 0.05) is 30.3 Å². The lowest BCUT2D eigenvalue weighted by Gasteiger charge is -2.09. The largest absolute Gasteiger partial charge is 0.459 e. The van der Waals surface area contributed by atoms with Gasteiger partial charge in [0.05, 0.1) is 25.2 Å². The van der Waals surface area contributed by atoms with Crippen LogP contribution in [0.4, 0.5) is 0 Å². The Morgan fingerprint density at radius 1 is 1.42 bits per heavy atom. The number of imidazole rings is 1. The number of hydrogen-bond donors (Lipinski definition) is 4. The number of esters is 1. The van der Waals surface area contributed by atoms with E-state index in [4.69, 9.17) is 5.26 Å². The van der Waals surface area contributed by atoms with Crippen molar-refractivity contribution in [3.63, 3.8) is 0 Å². The lowest BCUT2D eigenvalue weighted by Crippen LogP contribution is -2.41. The Labute approximate surface area is 156 Å². The van der Waals surface area contributed by atoms with Crippen molar-refractivity contribution in [2.75, 3.05) is 32.0 Å². The van der Waals surface area contributed by atoms with Crippen LogP contribution < -0.4 is 16.0 Å². The summed E-state index contributed by atoms with van der Waals surface area (Å²) in [6.45, 7) is 4.75. The predicted octanol–water partition coefficient (Wildman–Crippen LogP) is -0.353. The van der Waals surface area contributed by atoms with E-state index in [1.54, 1.807) is 31.2 Å². The summed E-state index contributed by atoms with van der Waals surface area (Å²) >= 11 is 1.69. The van der Waals surface area contributed by atoms with Crippen LogP contribution >= 0.6 is 11.8 Å². The van der Waals surface area contributed by atoms with Crippen molar-refractivity contribution in [3.8, 4) is 6.19 Å². The van der Waals surface area contributed by atoms with E-state index in [1.807, 2.05) is 6.92 Å². The molecule has 142 valence electrons. The lowest BCUT2D eigenvalue weighted by molar-refractivity contribution is -0.154. The molecule has 0 aliphatic rings. The highest BCUT2D eigenvalue weighted by atomic mass is 32.2. The number of nitrogens with one attached hydrogen (secondary N) is 4. The van der Waals surface area contributed by atoms with E-state index in [9.17, 15) is 9.59 Å². The monoisotopic (exact) mass is 381 g/mol. The van der Waals surface area contributed by atoms with Gasteiger partial charge in [-0.1, -0.05) is 0 Å². The van der Waals surface area contributed by atoms with Gasteiger partial charge in [0.2, 0.25) is 5.96 Å². The van der Waals surface area contributed by atoms with Crippen molar-refractivity contribution in [2.24, 2.45) is 4.99 Å². The van der Waals surface area contributed by atoms with E-state index in [0.29, 0.717) is 19.0 Å². The number of hydrogen-bond acceptors (Lipinski definition) is 7. The van der Waals surface area contributed by atoms with E-state index in [2.05, 4.69) is 35.6 Å². The van der Waals surface area contributed by atoms with E-state index in [-0.39, 0.29) is 13.2 Å². The Kier molecular flexibility index (Phi) is 10.3. The second kappa shape index (κ2) is 12.6. The number of amides is 1. The number of carbonyl (C=O) groups is 2. The molecule has 0 unspecified atom stereocenters. The van der Waals surface area contributed by atoms with Gasteiger partial charge in [-0.05, 0) is 13.8 Å². The summed E-state index contributed by atoms with van der Waals surface area (Å²) in [5.74, 6) is 0.157. The molecular weight excluding hydrogens is 358 g/mol. The van der Waals surface area contributed by atoms with Crippen LogP contribution in [0, 0.1) is 18.4 Å². The molecule has 4 N–H and O–H groups in total. The maximum atomic E-state index is 11.3. The van der Waals surface area contributed by atoms with Crippen LogP contribution in [-0.2, 0) is 20.1 Å². The number of H-pyrrole nitrogens is 1. The minimum atomic E-state index is -0.916. The van der Waals surface area contributed by atoms with E-state index in [1.165, 1.54) is 0 Å². The Balaban J connectivity index is 2.24. The molecule has 1 amide bonds. The Hall–Kier alpha value is -2.74. The molecule has 1 heterocycles. The molecule has 10 nitrogen and oxygen atoms in total. The maximum Gasteiger partial charge on any atom is 0.396 e. The molecule has 0 radical (unpaired) electrons. The number of nitrogens with zero attached hydrogens (tertiary/aromatic N) is 3. The van der Waals surface area contributed by atoms with Gasteiger partial charge in [0.15, 0.2) is 6.19 Å². The summed E-state index contributed by atoms with van der Waals surface area (Å²) in [6, 6.07) is 0. The fraction of sp³-hybridized carbons (Fsp3) is 0.533. The van der Waals surface area contributed by atoms with Crippen LogP contribution in [0.3, 0.4) is 0 Å². The third-order valence-corrected chi connectivity index (χ3v) is 3.97. The molecule has 0 saturated heterocycles. The number of aryl methyl sites for hydroxylation is 1. The molecule has 0 aliphatic heterocycles. The third kappa shape index (κ3) is 8.39. The number of carbonyl (C=O) groups excluding carboxylic acids is 2. The third-order valence-electron chi connectivity index (χ3n) is 3.02. The smallest absolute Gasteiger partial charge is 0.396 e. The molecule has 0 aliphatic carbocycles. The molecule has 1 rings (SSSR count). The van der Waals surface area contributed by atoms with Crippen molar-refractivity contribution in [1.82, 2.24) is 25.9 Å². The molecule has 0 saturated carbocycles. The Morgan fingerprint density at radius 3 is 2.85 bits per heavy atom. The van der Waals surface area contributed by atoms with Crippen molar-refractivity contribution >= 4 is 29.6 Å². The van der Waals surface area contributed by atoms with Gasteiger partial charge in [0.1, 0.15) is 0 Å². The average Bonchev–Trinajstić information content (AvgIpc) is 3.03. The number of nitriles is 1. The minimum absolute atomic E-state index is 0.144. The number of aliphatic imine (C=N–C) groups is 1. The maximum absolute atomic E-state index is 11.3.